The SMILES string of the molecule is CCCc1nnc(NC(=O)CSc2nnc([C@@H](C)Oc3ccccc3)n2C)s1. The van der Waals surface area contributed by atoms with Gasteiger partial charge in [-0.1, -0.05) is 48.2 Å². The van der Waals surface area contributed by atoms with Gasteiger partial charge in [0, 0.05) is 13.5 Å². The largest absolute Gasteiger partial charge is 0.483 e. The molecule has 1 aromatic carbocycles. The van der Waals surface area contributed by atoms with Crippen molar-refractivity contribution in [3.8, 4) is 5.75 Å². The van der Waals surface area contributed by atoms with Gasteiger partial charge in [0.25, 0.3) is 0 Å². The predicted octanol–water partition coefficient (Wildman–Crippen LogP) is 3.49. The Labute approximate surface area is 171 Å². The number of nitrogens with zero attached hydrogens (tertiary/aromatic N) is 5. The Morgan fingerprint density at radius 1 is 1.25 bits per heavy atom. The topological polar surface area (TPSA) is 94.8 Å². The van der Waals surface area contributed by atoms with Crippen LogP contribution in [0.5, 0.6) is 5.75 Å². The number of ether oxygens (including phenoxy) is 1. The average Bonchev–Trinajstić information content (AvgIpc) is 3.27. The van der Waals surface area contributed by atoms with Crippen molar-refractivity contribution in [2.45, 2.75) is 37.9 Å². The van der Waals surface area contributed by atoms with Crippen molar-refractivity contribution >= 4 is 34.1 Å². The van der Waals surface area contributed by atoms with Crippen molar-refractivity contribution < 1.29 is 9.53 Å². The highest BCUT2D eigenvalue weighted by atomic mass is 32.2. The van der Waals surface area contributed by atoms with E-state index in [0.29, 0.717) is 16.1 Å². The minimum absolute atomic E-state index is 0.151. The minimum Gasteiger partial charge on any atom is -0.483 e. The lowest BCUT2D eigenvalue weighted by Gasteiger charge is -2.14. The molecule has 10 heteroatoms. The number of benzene rings is 1. The fourth-order valence-corrected chi connectivity index (χ4v) is 4.04. The highest BCUT2D eigenvalue weighted by Crippen LogP contribution is 2.24. The first kappa shape index (κ1) is 20.3. The number of para-hydroxylation sites is 1. The fraction of sp³-hybridized carbons (Fsp3) is 0.389. The van der Waals surface area contributed by atoms with Gasteiger partial charge in [-0.05, 0) is 25.5 Å². The van der Waals surface area contributed by atoms with Crippen LogP contribution in [0, 0.1) is 0 Å². The van der Waals surface area contributed by atoms with E-state index in [4.69, 9.17) is 4.74 Å². The number of anilines is 1. The van der Waals surface area contributed by atoms with Crippen molar-refractivity contribution in [1.29, 1.82) is 0 Å². The van der Waals surface area contributed by atoms with Crippen molar-refractivity contribution in [2.24, 2.45) is 7.05 Å². The van der Waals surface area contributed by atoms with Gasteiger partial charge in [-0.25, -0.2) is 0 Å². The summed E-state index contributed by atoms with van der Waals surface area (Å²) in [5.41, 5.74) is 0. The van der Waals surface area contributed by atoms with Crippen LogP contribution in [0.1, 0.15) is 37.2 Å². The first-order valence-electron chi connectivity index (χ1n) is 8.92. The van der Waals surface area contributed by atoms with Crippen LogP contribution in [0.2, 0.25) is 0 Å². The molecule has 0 aliphatic rings. The Morgan fingerprint density at radius 2 is 2.04 bits per heavy atom. The van der Waals surface area contributed by atoms with E-state index >= 15 is 0 Å². The zero-order valence-electron chi connectivity index (χ0n) is 16.0. The monoisotopic (exact) mass is 418 g/mol. The van der Waals surface area contributed by atoms with E-state index in [1.807, 2.05) is 48.9 Å². The van der Waals surface area contributed by atoms with Gasteiger partial charge in [-0.3, -0.25) is 10.1 Å². The van der Waals surface area contributed by atoms with Crippen molar-refractivity contribution in [2.75, 3.05) is 11.1 Å². The highest BCUT2D eigenvalue weighted by Gasteiger charge is 2.18. The maximum absolute atomic E-state index is 12.2. The molecule has 1 amide bonds. The van der Waals surface area contributed by atoms with Gasteiger partial charge < -0.3 is 9.30 Å². The van der Waals surface area contributed by atoms with Crippen LogP contribution >= 0.6 is 23.1 Å². The molecule has 0 bridgehead atoms. The number of hydrogen-bond acceptors (Lipinski definition) is 8. The zero-order valence-corrected chi connectivity index (χ0v) is 17.6. The van der Waals surface area contributed by atoms with Crippen LogP contribution in [-0.2, 0) is 18.3 Å². The van der Waals surface area contributed by atoms with Gasteiger partial charge in [0.2, 0.25) is 11.0 Å². The molecule has 0 unspecified atom stereocenters. The molecule has 8 nitrogen and oxygen atoms in total. The molecule has 2 aromatic heterocycles. The molecule has 1 N–H and O–H groups in total. The van der Waals surface area contributed by atoms with E-state index in [0.717, 1.165) is 23.6 Å². The summed E-state index contributed by atoms with van der Waals surface area (Å²) in [7, 11) is 1.86. The lowest BCUT2D eigenvalue weighted by molar-refractivity contribution is -0.113. The van der Waals surface area contributed by atoms with Gasteiger partial charge in [0.15, 0.2) is 17.1 Å². The third-order valence-corrected chi connectivity index (χ3v) is 5.72. The second-order valence-corrected chi connectivity index (χ2v) is 8.07. The molecule has 0 spiro atoms. The van der Waals surface area contributed by atoms with Crippen LogP contribution in [-0.4, -0.2) is 36.6 Å². The van der Waals surface area contributed by atoms with E-state index in [9.17, 15) is 4.79 Å². The molecule has 3 aromatic rings. The Bertz CT molecular complexity index is 912. The number of carbonyl (C=O) groups is 1. The number of carbonyl (C=O) groups excluding carboxylic acids is 1. The molecule has 3 rings (SSSR count). The summed E-state index contributed by atoms with van der Waals surface area (Å²) in [4.78, 5) is 12.2. The standard InChI is InChI=1S/C18H22N6O2S2/c1-4-8-15-20-22-17(28-15)19-14(25)11-27-18-23-21-16(24(18)3)12(2)26-13-9-6-5-7-10-13/h5-7,9-10,12H,4,8,11H2,1-3H3,(H,19,22,25)/t12-/m1/s1. The Kier molecular flexibility index (Phi) is 6.99. The third-order valence-electron chi connectivity index (χ3n) is 3.80. The lowest BCUT2D eigenvalue weighted by Crippen LogP contribution is -2.14. The maximum Gasteiger partial charge on any atom is 0.236 e. The number of thioether (sulfide) groups is 1. The summed E-state index contributed by atoms with van der Waals surface area (Å²) in [6, 6.07) is 9.56. The Morgan fingerprint density at radius 3 is 2.79 bits per heavy atom. The summed E-state index contributed by atoms with van der Waals surface area (Å²) in [6.07, 6.45) is 1.61. The normalized spacial score (nSPS) is 12.0. The molecule has 0 aliphatic carbocycles. The van der Waals surface area contributed by atoms with Crippen LogP contribution in [0.4, 0.5) is 5.13 Å². The molecular formula is C18H22N6O2S2. The Hall–Kier alpha value is -2.46. The number of aryl methyl sites for hydroxylation is 1. The predicted molar refractivity (Wildman–Crippen MR) is 110 cm³/mol. The lowest BCUT2D eigenvalue weighted by atomic mass is 10.3. The molecular weight excluding hydrogens is 396 g/mol. The minimum atomic E-state index is -0.263. The molecule has 0 fully saturated rings. The number of rotatable bonds is 9. The number of hydrogen-bond donors (Lipinski definition) is 1. The van der Waals surface area contributed by atoms with Crippen molar-refractivity contribution in [3.63, 3.8) is 0 Å². The summed E-state index contributed by atoms with van der Waals surface area (Å²) in [5.74, 6) is 1.52. The van der Waals surface area contributed by atoms with Crippen LogP contribution in [0.25, 0.3) is 0 Å². The fourth-order valence-electron chi connectivity index (χ4n) is 2.47. The molecule has 28 heavy (non-hydrogen) atoms. The van der Waals surface area contributed by atoms with Crippen molar-refractivity contribution in [1.82, 2.24) is 25.0 Å². The molecule has 0 radical (unpaired) electrons. The van der Waals surface area contributed by atoms with Crippen LogP contribution < -0.4 is 10.1 Å². The smallest absolute Gasteiger partial charge is 0.236 e. The van der Waals surface area contributed by atoms with E-state index < -0.39 is 0 Å². The first-order chi connectivity index (χ1) is 13.6. The van der Waals surface area contributed by atoms with Crippen LogP contribution in [0.3, 0.4) is 0 Å². The first-order valence-corrected chi connectivity index (χ1v) is 10.7. The van der Waals surface area contributed by atoms with Gasteiger partial charge >= 0.3 is 0 Å². The molecule has 148 valence electrons. The number of nitrogens with one attached hydrogen (secondary N) is 1. The number of aromatic nitrogens is 5. The van der Waals surface area contributed by atoms with E-state index in [-0.39, 0.29) is 17.8 Å². The molecule has 1 atom stereocenters. The summed E-state index contributed by atoms with van der Waals surface area (Å²) in [5, 5.41) is 21.3. The average molecular weight is 419 g/mol. The van der Waals surface area contributed by atoms with Gasteiger partial charge in [0.05, 0.1) is 5.75 Å². The molecule has 0 aliphatic heterocycles. The van der Waals surface area contributed by atoms with Crippen LogP contribution in [0.15, 0.2) is 35.5 Å². The molecule has 2 heterocycles. The number of amides is 1. The summed E-state index contributed by atoms with van der Waals surface area (Å²) >= 11 is 2.72. The Balaban J connectivity index is 1.54. The molecule has 0 saturated heterocycles. The highest BCUT2D eigenvalue weighted by molar-refractivity contribution is 7.99. The quantitative estimate of drug-likeness (QED) is 0.532. The van der Waals surface area contributed by atoms with E-state index in [2.05, 4.69) is 32.6 Å². The van der Waals surface area contributed by atoms with E-state index in [1.54, 1.807) is 0 Å². The second-order valence-electron chi connectivity index (χ2n) is 6.06. The zero-order chi connectivity index (χ0) is 19.9. The van der Waals surface area contributed by atoms with E-state index in [1.165, 1.54) is 23.1 Å². The summed E-state index contributed by atoms with van der Waals surface area (Å²) < 4.78 is 7.74. The summed E-state index contributed by atoms with van der Waals surface area (Å²) in [6.45, 7) is 4.00. The van der Waals surface area contributed by atoms with Crippen molar-refractivity contribution in [3.05, 3.63) is 41.2 Å². The van der Waals surface area contributed by atoms with Gasteiger partial charge in [-0.15, -0.1) is 20.4 Å². The van der Waals surface area contributed by atoms with Gasteiger partial charge in [0.1, 0.15) is 10.8 Å². The maximum atomic E-state index is 12.2. The molecule has 0 saturated carbocycles. The second kappa shape index (κ2) is 9.65. The third kappa shape index (κ3) is 5.29. The van der Waals surface area contributed by atoms with Gasteiger partial charge in [-0.2, -0.15) is 0 Å².